The molecule has 0 fully saturated rings. The van der Waals surface area contributed by atoms with E-state index in [-0.39, 0.29) is 5.41 Å². The van der Waals surface area contributed by atoms with E-state index in [0.717, 1.165) is 26.2 Å². The Balaban J connectivity index is 2.07. The first-order valence-electron chi connectivity index (χ1n) is 11.3. The zero-order valence-corrected chi connectivity index (χ0v) is 19.2. The molecule has 2 nitrogen and oxygen atoms in total. The fourth-order valence-corrected chi connectivity index (χ4v) is 4.46. The molecule has 30 heavy (non-hydrogen) atoms. The molecule has 0 spiro atoms. The summed E-state index contributed by atoms with van der Waals surface area (Å²) >= 11 is 0. The number of nitrogens with zero attached hydrogens (tertiary/aromatic N) is 2. The fourth-order valence-electron chi connectivity index (χ4n) is 4.46. The molecular weight excluding hydrogens is 364 g/mol. The van der Waals surface area contributed by atoms with Gasteiger partial charge in [0.2, 0.25) is 0 Å². The van der Waals surface area contributed by atoms with Gasteiger partial charge >= 0.3 is 0 Å². The van der Waals surface area contributed by atoms with E-state index in [4.69, 9.17) is 0 Å². The molecule has 0 radical (unpaired) electrons. The third-order valence-corrected chi connectivity index (χ3v) is 6.50. The van der Waals surface area contributed by atoms with Crippen LogP contribution in [0.3, 0.4) is 0 Å². The lowest BCUT2D eigenvalue weighted by Gasteiger charge is -2.33. The van der Waals surface area contributed by atoms with Crippen molar-refractivity contribution in [2.24, 2.45) is 0 Å². The van der Waals surface area contributed by atoms with Crippen molar-refractivity contribution in [1.29, 1.82) is 0 Å². The van der Waals surface area contributed by atoms with Crippen LogP contribution in [0.4, 0.5) is 11.4 Å². The van der Waals surface area contributed by atoms with Gasteiger partial charge in [0.15, 0.2) is 0 Å². The summed E-state index contributed by atoms with van der Waals surface area (Å²) < 4.78 is 0. The van der Waals surface area contributed by atoms with Crippen LogP contribution in [0.15, 0.2) is 78.9 Å². The molecule has 3 aromatic carbocycles. The number of hydrogen-bond donors (Lipinski definition) is 0. The molecule has 0 aromatic heterocycles. The summed E-state index contributed by atoms with van der Waals surface area (Å²) in [6.45, 7) is 15.3. The van der Waals surface area contributed by atoms with Gasteiger partial charge in [-0.1, -0.05) is 54.6 Å². The summed E-state index contributed by atoms with van der Waals surface area (Å²) in [5, 5.41) is 0. The fraction of sp³-hybridized carbons (Fsp3) is 0.357. The molecule has 2 heteroatoms. The van der Waals surface area contributed by atoms with E-state index in [0.29, 0.717) is 0 Å². The van der Waals surface area contributed by atoms with Crippen LogP contribution in [0.25, 0.3) is 0 Å². The summed E-state index contributed by atoms with van der Waals surface area (Å²) in [6, 6.07) is 29.2. The van der Waals surface area contributed by atoms with Crippen LogP contribution < -0.4 is 9.80 Å². The number of rotatable bonds is 9. The van der Waals surface area contributed by atoms with E-state index >= 15 is 0 Å². The first-order chi connectivity index (χ1) is 14.6. The molecule has 3 aromatic rings. The van der Waals surface area contributed by atoms with E-state index in [2.05, 4.69) is 123 Å². The Labute approximate surface area is 183 Å². The second kappa shape index (κ2) is 9.84. The van der Waals surface area contributed by atoms with E-state index in [9.17, 15) is 0 Å². The topological polar surface area (TPSA) is 6.48 Å². The average molecular weight is 401 g/mol. The van der Waals surface area contributed by atoms with Crippen LogP contribution in [0.5, 0.6) is 0 Å². The largest absolute Gasteiger partial charge is 0.372 e. The average Bonchev–Trinajstić information content (AvgIpc) is 2.81. The summed E-state index contributed by atoms with van der Waals surface area (Å²) in [5.41, 5.74) is 6.33. The van der Waals surface area contributed by atoms with E-state index in [1.807, 2.05) is 0 Å². The van der Waals surface area contributed by atoms with Crippen LogP contribution in [0.2, 0.25) is 0 Å². The van der Waals surface area contributed by atoms with Gasteiger partial charge in [0, 0.05) is 43.0 Å². The van der Waals surface area contributed by atoms with E-state index in [1.165, 1.54) is 28.1 Å². The van der Waals surface area contributed by atoms with Crippen LogP contribution in [0.1, 0.15) is 51.3 Å². The van der Waals surface area contributed by atoms with Crippen molar-refractivity contribution in [2.45, 2.75) is 40.0 Å². The van der Waals surface area contributed by atoms with Crippen LogP contribution in [0, 0.1) is 0 Å². The Morgan fingerprint density at radius 2 is 0.833 bits per heavy atom. The number of anilines is 2. The molecule has 158 valence electrons. The smallest absolute Gasteiger partial charge is 0.0423 e. The van der Waals surface area contributed by atoms with Gasteiger partial charge in [-0.2, -0.15) is 0 Å². The van der Waals surface area contributed by atoms with Gasteiger partial charge in [-0.3, -0.25) is 0 Å². The van der Waals surface area contributed by atoms with Gasteiger partial charge in [0.05, 0.1) is 0 Å². The lowest BCUT2D eigenvalue weighted by atomic mass is 9.71. The van der Waals surface area contributed by atoms with Crippen molar-refractivity contribution in [3.05, 3.63) is 95.6 Å². The first kappa shape index (κ1) is 22.0. The molecule has 0 aliphatic rings. The number of benzene rings is 3. The molecule has 0 bridgehead atoms. The highest BCUT2D eigenvalue weighted by Crippen LogP contribution is 2.40. The zero-order valence-electron chi connectivity index (χ0n) is 19.2. The second-order valence-corrected chi connectivity index (χ2v) is 7.93. The van der Waals surface area contributed by atoms with Gasteiger partial charge in [-0.15, -0.1) is 0 Å². The van der Waals surface area contributed by atoms with Crippen LogP contribution >= 0.6 is 0 Å². The van der Waals surface area contributed by atoms with Crippen molar-refractivity contribution in [3.63, 3.8) is 0 Å². The monoisotopic (exact) mass is 400 g/mol. The Morgan fingerprint density at radius 1 is 0.500 bits per heavy atom. The van der Waals surface area contributed by atoms with Crippen molar-refractivity contribution < 1.29 is 0 Å². The molecule has 0 atom stereocenters. The maximum absolute atomic E-state index is 2.39. The molecule has 0 aliphatic heterocycles. The minimum atomic E-state index is -0.204. The summed E-state index contributed by atoms with van der Waals surface area (Å²) in [6.07, 6.45) is 0. The normalized spacial score (nSPS) is 11.4. The lowest BCUT2D eigenvalue weighted by molar-refractivity contribution is 0.692. The highest BCUT2D eigenvalue weighted by atomic mass is 15.1. The number of hydrogen-bond acceptors (Lipinski definition) is 2. The predicted octanol–water partition coefficient (Wildman–Crippen LogP) is 6.73. The van der Waals surface area contributed by atoms with Gasteiger partial charge < -0.3 is 9.80 Å². The van der Waals surface area contributed by atoms with Crippen LogP contribution in [-0.2, 0) is 5.41 Å². The second-order valence-electron chi connectivity index (χ2n) is 7.93. The molecule has 3 rings (SSSR count). The van der Waals surface area contributed by atoms with E-state index < -0.39 is 0 Å². The van der Waals surface area contributed by atoms with Crippen molar-refractivity contribution in [3.8, 4) is 0 Å². The molecule has 0 saturated heterocycles. The summed E-state index contributed by atoms with van der Waals surface area (Å²) in [4.78, 5) is 4.78. The lowest BCUT2D eigenvalue weighted by Crippen LogP contribution is -2.26. The van der Waals surface area contributed by atoms with Gasteiger partial charge in [0.25, 0.3) is 0 Å². The van der Waals surface area contributed by atoms with Crippen molar-refractivity contribution >= 4 is 11.4 Å². The zero-order chi connectivity index (χ0) is 21.6. The highest BCUT2D eigenvalue weighted by molar-refractivity contribution is 5.57. The standard InChI is InChI=1S/C28H36N2/c1-6-29(7-2)26-19-15-24(16-20-26)28(5,23-13-11-10-12-14-23)25-17-21-27(22-18-25)30(8-3)9-4/h10-22H,6-9H2,1-5H3. The van der Waals surface area contributed by atoms with E-state index in [1.54, 1.807) is 0 Å². The van der Waals surface area contributed by atoms with Crippen LogP contribution in [-0.4, -0.2) is 26.2 Å². The van der Waals surface area contributed by atoms with Crippen molar-refractivity contribution in [2.75, 3.05) is 36.0 Å². The van der Waals surface area contributed by atoms with Gasteiger partial charge in [0.1, 0.15) is 0 Å². The van der Waals surface area contributed by atoms with Crippen molar-refractivity contribution in [1.82, 2.24) is 0 Å². The third kappa shape index (κ3) is 4.23. The van der Waals surface area contributed by atoms with Gasteiger partial charge in [-0.25, -0.2) is 0 Å². The highest BCUT2D eigenvalue weighted by Gasteiger charge is 2.31. The Kier molecular flexibility index (Phi) is 7.20. The molecule has 0 unspecified atom stereocenters. The maximum Gasteiger partial charge on any atom is 0.0423 e. The summed E-state index contributed by atoms with van der Waals surface area (Å²) in [7, 11) is 0. The molecule has 0 aliphatic carbocycles. The predicted molar refractivity (Wildman–Crippen MR) is 132 cm³/mol. The summed E-state index contributed by atoms with van der Waals surface area (Å²) in [5.74, 6) is 0. The minimum Gasteiger partial charge on any atom is -0.372 e. The first-order valence-corrected chi connectivity index (χ1v) is 11.3. The molecular formula is C28H36N2. The molecule has 0 amide bonds. The Morgan fingerprint density at radius 3 is 1.17 bits per heavy atom. The molecule has 0 saturated carbocycles. The molecule has 0 N–H and O–H groups in total. The minimum absolute atomic E-state index is 0.204. The SMILES string of the molecule is CCN(CC)c1ccc(C(C)(c2ccccc2)c2ccc(N(CC)CC)cc2)cc1. The third-order valence-electron chi connectivity index (χ3n) is 6.50. The van der Waals surface area contributed by atoms with Gasteiger partial charge in [-0.05, 0) is 75.6 Å². The Bertz CT molecular complexity index is 834. The maximum atomic E-state index is 2.39. The quantitative estimate of drug-likeness (QED) is 0.367. The Hall–Kier alpha value is -2.74. The molecule has 0 heterocycles.